The third-order valence-corrected chi connectivity index (χ3v) is 5.04. The van der Waals surface area contributed by atoms with Gasteiger partial charge in [-0.05, 0) is 30.9 Å². The van der Waals surface area contributed by atoms with Crippen LogP contribution in [0.15, 0.2) is 29.2 Å². The van der Waals surface area contributed by atoms with Gasteiger partial charge in [0.1, 0.15) is 5.82 Å². The molecule has 1 aliphatic carbocycles. The van der Waals surface area contributed by atoms with Gasteiger partial charge in [0.15, 0.2) is 0 Å². The van der Waals surface area contributed by atoms with Crippen LogP contribution in [0.1, 0.15) is 32.6 Å². The molecule has 5 heteroatoms. The zero-order valence-corrected chi connectivity index (χ0v) is 13.1. The van der Waals surface area contributed by atoms with Crippen molar-refractivity contribution in [3.05, 3.63) is 30.1 Å². The zero-order chi connectivity index (χ0) is 15.3. The topological polar surface area (TPSA) is 49.3 Å². The van der Waals surface area contributed by atoms with E-state index in [0.717, 1.165) is 25.7 Å². The minimum absolute atomic E-state index is 0.0343. The number of aliphatic hydroxyl groups excluding tert-OH is 1. The number of halogens is 1. The number of benzene rings is 1. The van der Waals surface area contributed by atoms with E-state index in [1.165, 1.54) is 17.8 Å². The van der Waals surface area contributed by atoms with Gasteiger partial charge in [0.05, 0.1) is 17.9 Å². The average Bonchev–Trinajstić information content (AvgIpc) is 2.46. The van der Waals surface area contributed by atoms with Crippen LogP contribution in [0.4, 0.5) is 4.39 Å². The second-order valence-electron chi connectivity index (χ2n) is 5.91. The van der Waals surface area contributed by atoms with E-state index in [9.17, 15) is 14.3 Å². The number of hydrogen-bond acceptors (Lipinski definition) is 3. The molecule has 1 saturated carbocycles. The molecule has 116 valence electrons. The van der Waals surface area contributed by atoms with Gasteiger partial charge in [-0.25, -0.2) is 4.39 Å². The molecule has 2 rings (SSSR count). The molecule has 2 atom stereocenters. The van der Waals surface area contributed by atoms with Crippen molar-refractivity contribution in [1.82, 2.24) is 5.32 Å². The largest absolute Gasteiger partial charge is 0.394 e. The van der Waals surface area contributed by atoms with Crippen molar-refractivity contribution in [3.63, 3.8) is 0 Å². The molecule has 0 spiro atoms. The number of rotatable bonds is 5. The summed E-state index contributed by atoms with van der Waals surface area (Å²) in [6.45, 7) is 2.11. The van der Waals surface area contributed by atoms with E-state index < -0.39 is 5.54 Å². The van der Waals surface area contributed by atoms with Gasteiger partial charge in [0, 0.05) is 4.90 Å². The van der Waals surface area contributed by atoms with Gasteiger partial charge >= 0.3 is 0 Å². The van der Waals surface area contributed by atoms with Crippen LogP contribution in [-0.4, -0.2) is 28.9 Å². The number of aliphatic hydroxyl groups is 1. The average molecular weight is 311 g/mol. The minimum atomic E-state index is -0.495. The van der Waals surface area contributed by atoms with E-state index in [4.69, 9.17) is 0 Å². The van der Waals surface area contributed by atoms with Gasteiger partial charge in [-0.2, -0.15) is 0 Å². The summed E-state index contributed by atoms with van der Waals surface area (Å²) < 4.78 is 13.5. The van der Waals surface area contributed by atoms with E-state index in [1.54, 1.807) is 18.2 Å². The number of hydrogen-bond donors (Lipinski definition) is 2. The molecule has 3 nitrogen and oxygen atoms in total. The predicted octanol–water partition coefficient (Wildman–Crippen LogP) is 2.98. The molecule has 2 N–H and O–H groups in total. The Balaban J connectivity index is 1.90. The lowest BCUT2D eigenvalue weighted by molar-refractivity contribution is -0.121. The van der Waals surface area contributed by atoms with E-state index in [-0.39, 0.29) is 24.1 Å². The van der Waals surface area contributed by atoms with Crippen LogP contribution in [-0.2, 0) is 4.79 Å². The van der Waals surface area contributed by atoms with Gasteiger partial charge in [0.25, 0.3) is 0 Å². The summed E-state index contributed by atoms with van der Waals surface area (Å²) in [5.74, 6) is 0.215. The Morgan fingerprint density at radius 1 is 1.52 bits per heavy atom. The second kappa shape index (κ2) is 7.27. The lowest BCUT2D eigenvalue weighted by Crippen LogP contribution is -2.54. The fraction of sp³-hybridized carbons (Fsp3) is 0.562. The van der Waals surface area contributed by atoms with E-state index in [0.29, 0.717) is 10.8 Å². The Morgan fingerprint density at radius 2 is 2.29 bits per heavy atom. The number of nitrogens with one attached hydrogen (secondary N) is 1. The number of thioether (sulfide) groups is 1. The maximum atomic E-state index is 13.5. The molecule has 0 aliphatic heterocycles. The highest BCUT2D eigenvalue weighted by Gasteiger charge is 2.35. The summed E-state index contributed by atoms with van der Waals surface area (Å²) in [6, 6.07) is 6.43. The molecule has 0 bridgehead atoms. The van der Waals surface area contributed by atoms with Crippen LogP contribution in [0, 0.1) is 11.7 Å². The smallest absolute Gasteiger partial charge is 0.230 e. The fourth-order valence-electron chi connectivity index (χ4n) is 2.99. The Morgan fingerprint density at radius 3 is 2.95 bits per heavy atom. The maximum Gasteiger partial charge on any atom is 0.230 e. The fourth-order valence-corrected chi connectivity index (χ4v) is 3.73. The highest BCUT2D eigenvalue weighted by atomic mass is 32.2. The molecule has 2 unspecified atom stereocenters. The van der Waals surface area contributed by atoms with Crippen LogP contribution in [0.25, 0.3) is 0 Å². The van der Waals surface area contributed by atoms with Crippen molar-refractivity contribution in [3.8, 4) is 0 Å². The molecule has 21 heavy (non-hydrogen) atoms. The summed E-state index contributed by atoms with van der Waals surface area (Å²) in [7, 11) is 0. The van der Waals surface area contributed by atoms with Crippen LogP contribution in [0.2, 0.25) is 0 Å². The van der Waals surface area contributed by atoms with Gasteiger partial charge < -0.3 is 10.4 Å². The Hall–Kier alpha value is -1.07. The third kappa shape index (κ3) is 4.45. The quantitative estimate of drug-likeness (QED) is 0.822. The predicted molar refractivity (Wildman–Crippen MR) is 82.7 cm³/mol. The van der Waals surface area contributed by atoms with E-state index >= 15 is 0 Å². The van der Waals surface area contributed by atoms with Crippen LogP contribution >= 0.6 is 11.8 Å². The first kappa shape index (κ1) is 16.3. The zero-order valence-electron chi connectivity index (χ0n) is 12.3. The Labute approximate surface area is 129 Å². The molecule has 0 aromatic heterocycles. The van der Waals surface area contributed by atoms with E-state index in [1.807, 2.05) is 0 Å². The van der Waals surface area contributed by atoms with Crippen molar-refractivity contribution >= 4 is 17.7 Å². The summed E-state index contributed by atoms with van der Waals surface area (Å²) in [5.41, 5.74) is -0.495. The van der Waals surface area contributed by atoms with Crippen LogP contribution in [0.5, 0.6) is 0 Å². The lowest BCUT2D eigenvalue weighted by atomic mass is 9.77. The normalized spacial score (nSPS) is 25.6. The molecule has 1 fully saturated rings. The number of amides is 1. The summed E-state index contributed by atoms with van der Waals surface area (Å²) >= 11 is 1.19. The number of carbonyl (C=O) groups is 1. The van der Waals surface area contributed by atoms with Gasteiger partial charge in [-0.1, -0.05) is 31.9 Å². The Bertz CT molecular complexity index is 497. The maximum absolute atomic E-state index is 13.5. The van der Waals surface area contributed by atoms with Crippen LogP contribution < -0.4 is 5.32 Å². The van der Waals surface area contributed by atoms with E-state index in [2.05, 4.69) is 12.2 Å². The van der Waals surface area contributed by atoms with Crippen molar-refractivity contribution in [2.75, 3.05) is 12.4 Å². The first-order valence-electron chi connectivity index (χ1n) is 7.34. The summed E-state index contributed by atoms with van der Waals surface area (Å²) in [5, 5.41) is 12.6. The SMILES string of the molecule is CC1CCCC(CO)(NC(=O)CSc2ccccc2F)C1. The third-order valence-electron chi connectivity index (χ3n) is 3.99. The number of carbonyl (C=O) groups excluding carboxylic acids is 1. The summed E-state index contributed by atoms with van der Waals surface area (Å²) in [4.78, 5) is 12.6. The molecule has 1 aromatic rings. The molecule has 0 radical (unpaired) electrons. The molecule has 1 amide bonds. The minimum Gasteiger partial charge on any atom is -0.394 e. The molecule has 0 heterocycles. The van der Waals surface area contributed by atoms with Gasteiger partial charge in [0.2, 0.25) is 5.91 Å². The standard InChI is InChI=1S/C16H22FNO2S/c1-12-5-4-8-16(9-12,11-19)18-15(20)10-21-14-7-3-2-6-13(14)17/h2-3,6-7,12,19H,4-5,8-11H2,1H3,(H,18,20). The Kier molecular flexibility index (Phi) is 5.65. The first-order valence-corrected chi connectivity index (χ1v) is 8.32. The monoisotopic (exact) mass is 311 g/mol. The summed E-state index contributed by atoms with van der Waals surface area (Å²) in [6.07, 6.45) is 3.77. The first-order chi connectivity index (χ1) is 10.0. The molecule has 1 aliphatic rings. The van der Waals surface area contributed by atoms with Crippen molar-refractivity contribution in [2.24, 2.45) is 5.92 Å². The molecule has 1 aromatic carbocycles. The second-order valence-corrected chi connectivity index (χ2v) is 6.92. The van der Waals surface area contributed by atoms with Crippen molar-refractivity contribution < 1.29 is 14.3 Å². The van der Waals surface area contributed by atoms with Crippen LogP contribution in [0.3, 0.4) is 0 Å². The highest BCUT2D eigenvalue weighted by Crippen LogP contribution is 2.32. The van der Waals surface area contributed by atoms with Gasteiger partial charge in [-0.15, -0.1) is 11.8 Å². The highest BCUT2D eigenvalue weighted by molar-refractivity contribution is 8.00. The van der Waals surface area contributed by atoms with Crippen molar-refractivity contribution in [2.45, 2.75) is 43.0 Å². The molecular formula is C16H22FNO2S. The lowest BCUT2D eigenvalue weighted by Gasteiger charge is -2.39. The molecular weight excluding hydrogens is 289 g/mol. The van der Waals surface area contributed by atoms with Crippen molar-refractivity contribution in [1.29, 1.82) is 0 Å². The van der Waals surface area contributed by atoms with Gasteiger partial charge in [-0.3, -0.25) is 4.79 Å². The molecule has 0 saturated heterocycles.